The Hall–Kier alpha value is -2.65. The SMILES string of the molecule is Cc1cc(C)n(-c2ccc(=O)n(C3CCN(C(=O)CCC(F)(F)F)CC3)n2)n1. The molecule has 1 aliphatic rings. The second-order valence-corrected chi connectivity index (χ2v) is 7.04. The molecule has 10 heteroatoms. The Bertz CT molecular complexity index is 911. The number of amides is 1. The number of aryl methyl sites for hydroxylation is 2. The number of carbonyl (C=O) groups excluding carboxylic acids is 1. The molecule has 0 saturated carbocycles. The monoisotopic (exact) mass is 397 g/mol. The highest BCUT2D eigenvalue weighted by Gasteiger charge is 2.31. The Labute approximate surface area is 159 Å². The second kappa shape index (κ2) is 7.76. The fourth-order valence-corrected chi connectivity index (χ4v) is 3.42. The number of halogens is 3. The van der Waals surface area contributed by atoms with Gasteiger partial charge in [0.05, 0.1) is 18.2 Å². The topological polar surface area (TPSA) is 73.0 Å². The van der Waals surface area contributed by atoms with Gasteiger partial charge >= 0.3 is 6.18 Å². The van der Waals surface area contributed by atoms with Crippen LogP contribution in [0.15, 0.2) is 23.0 Å². The van der Waals surface area contributed by atoms with E-state index >= 15 is 0 Å². The van der Waals surface area contributed by atoms with Crippen LogP contribution < -0.4 is 5.56 Å². The van der Waals surface area contributed by atoms with Gasteiger partial charge < -0.3 is 4.90 Å². The molecule has 1 saturated heterocycles. The number of piperidine rings is 1. The fraction of sp³-hybridized carbons (Fsp3) is 0.556. The highest BCUT2D eigenvalue weighted by atomic mass is 19.4. The van der Waals surface area contributed by atoms with Gasteiger partial charge in [-0.2, -0.15) is 18.3 Å². The lowest BCUT2D eigenvalue weighted by Gasteiger charge is -2.32. The molecule has 2 aromatic heterocycles. The first-order valence-electron chi connectivity index (χ1n) is 9.12. The predicted molar refractivity (Wildman–Crippen MR) is 95.2 cm³/mol. The number of alkyl halides is 3. The maximum Gasteiger partial charge on any atom is 0.389 e. The number of rotatable bonds is 4. The summed E-state index contributed by atoms with van der Waals surface area (Å²) in [7, 11) is 0. The van der Waals surface area contributed by atoms with Crippen LogP contribution in [0.4, 0.5) is 13.2 Å². The molecule has 0 aromatic carbocycles. The van der Waals surface area contributed by atoms with Gasteiger partial charge in [-0.25, -0.2) is 9.36 Å². The van der Waals surface area contributed by atoms with Crippen molar-refractivity contribution in [2.24, 2.45) is 0 Å². The summed E-state index contributed by atoms with van der Waals surface area (Å²) in [4.78, 5) is 25.7. The van der Waals surface area contributed by atoms with Crippen LogP contribution in [0.5, 0.6) is 0 Å². The molecule has 0 unspecified atom stereocenters. The third-order valence-corrected chi connectivity index (χ3v) is 4.82. The van der Waals surface area contributed by atoms with Crippen LogP contribution in [0.1, 0.15) is 43.1 Å². The maximum absolute atomic E-state index is 12.3. The molecule has 3 heterocycles. The number of likely N-dealkylation sites (tertiary alicyclic amines) is 1. The Balaban J connectivity index is 1.69. The zero-order chi connectivity index (χ0) is 20.5. The molecule has 3 rings (SSSR count). The summed E-state index contributed by atoms with van der Waals surface area (Å²) in [6.45, 7) is 4.37. The van der Waals surface area contributed by atoms with Crippen molar-refractivity contribution < 1.29 is 18.0 Å². The predicted octanol–water partition coefficient (Wildman–Crippen LogP) is 2.55. The van der Waals surface area contributed by atoms with Crippen molar-refractivity contribution in [2.45, 2.75) is 51.7 Å². The zero-order valence-electron chi connectivity index (χ0n) is 15.7. The summed E-state index contributed by atoms with van der Waals surface area (Å²) >= 11 is 0. The smallest absolute Gasteiger partial charge is 0.343 e. The number of nitrogens with zero attached hydrogens (tertiary/aromatic N) is 5. The molecular formula is C18H22F3N5O2. The normalized spacial score (nSPS) is 15.8. The average Bonchev–Trinajstić information content (AvgIpc) is 2.98. The molecule has 2 aromatic rings. The van der Waals surface area contributed by atoms with Crippen molar-refractivity contribution in [3.63, 3.8) is 0 Å². The Morgan fingerprint density at radius 3 is 2.43 bits per heavy atom. The Morgan fingerprint density at radius 2 is 1.86 bits per heavy atom. The van der Waals surface area contributed by atoms with Gasteiger partial charge in [0, 0.05) is 31.3 Å². The van der Waals surface area contributed by atoms with Gasteiger partial charge in [-0.15, -0.1) is 5.10 Å². The van der Waals surface area contributed by atoms with Crippen molar-refractivity contribution >= 4 is 5.91 Å². The van der Waals surface area contributed by atoms with Gasteiger partial charge in [-0.1, -0.05) is 0 Å². The van der Waals surface area contributed by atoms with E-state index in [1.165, 1.54) is 15.6 Å². The molecule has 0 aliphatic carbocycles. The minimum atomic E-state index is -4.34. The van der Waals surface area contributed by atoms with Crippen LogP contribution in [0.3, 0.4) is 0 Å². The van der Waals surface area contributed by atoms with Crippen molar-refractivity contribution in [3.05, 3.63) is 39.9 Å². The standard InChI is InChI=1S/C18H22F3N5O2/c1-12-11-13(2)25(22-12)15-3-4-17(28)26(23-15)14-6-9-24(10-7-14)16(27)5-8-18(19,20)21/h3-4,11,14H,5-10H2,1-2H3. The van der Waals surface area contributed by atoms with Gasteiger partial charge in [0.2, 0.25) is 5.91 Å². The first-order valence-corrected chi connectivity index (χ1v) is 9.12. The average molecular weight is 397 g/mol. The maximum atomic E-state index is 12.3. The first-order chi connectivity index (χ1) is 13.1. The van der Waals surface area contributed by atoms with Gasteiger partial charge in [0.25, 0.3) is 5.56 Å². The molecule has 1 aliphatic heterocycles. The van der Waals surface area contributed by atoms with E-state index in [0.717, 1.165) is 11.4 Å². The Morgan fingerprint density at radius 1 is 1.18 bits per heavy atom. The summed E-state index contributed by atoms with van der Waals surface area (Å²) in [6.07, 6.45) is -5.07. The van der Waals surface area contributed by atoms with Crippen molar-refractivity contribution in [3.8, 4) is 5.82 Å². The van der Waals surface area contributed by atoms with E-state index in [4.69, 9.17) is 0 Å². The minimum absolute atomic E-state index is 0.212. The molecule has 0 bridgehead atoms. The molecular weight excluding hydrogens is 375 g/mol. The van der Waals surface area contributed by atoms with Crippen LogP contribution >= 0.6 is 0 Å². The van der Waals surface area contributed by atoms with E-state index in [9.17, 15) is 22.8 Å². The van der Waals surface area contributed by atoms with Gasteiger partial charge in [-0.3, -0.25) is 9.59 Å². The van der Waals surface area contributed by atoms with E-state index < -0.39 is 24.9 Å². The fourth-order valence-electron chi connectivity index (χ4n) is 3.42. The highest BCUT2D eigenvalue weighted by Crippen LogP contribution is 2.25. The molecule has 0 spiro atoms. The van der Waals surface area contributed by atoms with Crippen LogP contribution in [-0.2, 0) is 4.79 Å². The second-order valence-electron chi connectivity index (χ2n) is 7.04. The highest BCUT2D eigenvalue weighted by molar-refractivity contribution is 5.76. The third kappa shape index (κ3) is 4.60. The summed E-state index contributed by atoms with van der Waals surface area (Å²) in [6, 6.07) is 4.73. The molecule has 0 N–H and O–H groups in total. The van der Waals surface area contributed by atoms with E-state index in [-0.39, 0.29) is 11.6 Å². The van der Waals surface area contributed by atoms with Gasteiger partial charge in [0.15, 0.2) is 5.82 Å². The molecule has 1 amide bonds. The number of hydrogen-bond acceptors (Lipinski definition) is 4. The van der Waals surface area contributed by atoms with Crippen molar-refractivity contribution in [2.75, 3.05) is 13.1 Å². The first kappa shape index (κ1) is 20.1. The largest absolute Gasteiger partial charge is 0.389 e. The Kier molecular flexibility index (Phi) is 5.57. The molecule has 28 heavy (non-hydrogen) atoms. The molecule has 0 atom stereocenters. The molecule has 1 fully saturated rings. The number of carbonyl (C=O) groups is 1. The lowest BCUT2D eigenvalue weighted by atomic mass is 10.0. The number of aromatic nitrogens is 4. The number of hydrogen-bond donors (Lipinski definition) is 0. The quantitative estimate of drug-likeness (QED) is 0.795. The van der Waals surface area contributed by atoms with Crippen molar-refractivity contribution in [1.82, 2.24) is 24.5 Å². The molecule has 7 nitrogen and oxygen atoms in total. The molecule has 152 valence electrons. The van der Waals surface area contributed by atoms with E-state index in [1.54, 1.807) is 10.7 Å². The van der Waals surface area contributed by atoms with Gasteiger partial charge in [-0.05, 0) is 38.8 Å². The van der Waals surface area contributed by atoms with Crippen molar-refractivity contribution in [1.29, 1.82) is 0 Å². The minimum Gasteiger partial charge on any atom is -0.343 e. The summed E-state index contributed by atoms with van der Waals surface area (Å²) in [5.74, 6) is 0.0151. The van der Waals surface area contributed by atoms with Crippen LogP contribution in [0.2, 0.25) is 0 Å². The van der Waals surface area contributed by atoms with E-state index in [0.29, 0.717) is 31.7 Å². The third-order valence-electron chi connectivity index (χ3n) is 4.82. The van der Waals surface area contributed by atoms with Crippen LogP contribution in [0.25, 0.3) is 5.82 Å². The van der Waals surface area contributed by atoms with Gasteiger partial charge in [0.1, 0.15) is 0 Å². The summed E-state index contributed by atoms with van der Waals surface area (Å²) in [5, 5.41) is 8.80. The summed E-state index contributed by atoms with van der Waals surface area (Å²) < 4.78 is 39.9. The molecule has 0 radical (unpaired) electrons. The van der Waals surface area contributed by atoms with Crippen LogP contribution in [0, 0.1) is 13.8 Å². The lowest BCUT2D eigenvalue weighted by Crippen LogP contribution is -2.41. The zero-order valence-corrected chi connectivity index (χ0v) is 15.7. The lowest BCUT2D eigenvalue weighted by molar-refractivity contribution is -0.149. The van der Waals surface area contributed by atoms with Crippen LogP contribution in [-0.4, -0.2) is 49.6 Å². The van der Waals surface area contributed by atoms with E-state index in [1.807, 2.05) is 19.9 Å². The summed E-state index contributed by atoms with van der Waals surface area (Å²) in [5.41, 5.74) is 1.47. The van der Waals surface area contributed by atoms with E-state index in [2.05, 4.69) is 10.2 Å².